The minimum absolute atomic E-state index is 0.142. The van der Waals surface area contributed by atoms with Gasteiger partial charge >= 0.3 is 0 Å². The Hall–Kier alpha value is -1.03. The molecular formula is C15H11BrCl2O2. The number of ether oxygens (including phenoxy) is 1. The molecule has 0 fully saturated rings. The first kappa shape index (κ1) is 15.4. The lowest BCUT2D eigenvalue weighted by molar-refractivity contribution is 0.0992. The highest BCUT2D eigenvalue weighted by Gasteiger charge is 2.17. The highest BCUT2D eigenvalue weighted by atomic mass is 79.9. The minimum atomic E-state index is -0.142. The minimum Gasteiger partial charge on any atom is -0.496 e. The Bertz CT molecular complexity index is 636. The molecule has 2 aromatic rings. The highest BCUT2D eigenvalue weighted by molar-refractivity contribution is 9.10. The maximum absolute atomic E-state index is 12.4. The lowest BCUT2D eigenvalue weighted by atomic mass is 10.0. The van der Waals surface area contributed by atoms with Crippen molar-refractivity contribution in [3.05, 3.63) is 62.0 Å². The van der Waals surface area contributed by atoms with Gasteiger partial charge in [0.05, 0.1) is 22.7 Å². The fraction of sp³-hybridized carbons (Fsp3) is 0.133. The van der Waals surface area contributed by atoms with E-state index in [0.29, 0.717) is 21.4 Å². The quantitative estimate of drug-likeness (QED) is 0.689. The van der Waals surface area contributed by atoms with Gasteiger partial charge in [0, 0.05) is 16.5 Å². The first-order valence-corrected chi connectivity index (χ1v) is 7.37. The van der Waals surface area contributed by atoms with E-state index in [9.17, 15) is 4.79 Å². The Labute approximate surface area is 135 Å². The van der Waals surface area contributed by atoms with Gasteiger partial charge in [-0.1, -0.05) is 45.2 Å². The number of Topliss-reactive ketones (excluding diaryl/α,β-unsaturated/α-hetero) is 1. The Morgan fingerprint density at radius 1 is 1.20 bits per heavy atom. The average molecular weight is 374 g/mol. The molecule has 2 rings (SSSR count). The van der Waals surface area contributed by atoms with Gasteiger partial charge in [-0.25, -0.2) is 0 Å². The van der Waals surface area contributed by atoms with Crippen molar-refractivity contribution in [2.45, 2.75) is 6.42 Å². The van der Waals surface area contributed by atoms with Crippen LogP contribution in [0.25, 0.3) is 0 Å². The summed E-state index contributed by atoms with van der Waals surface area (Å²) in [6.45, 7) is 0. The van der Waals surface area contributed by atoms with Crippen LogP contribution in [0.15, 0.2) is 40.9 Å². The van der Waals surface area contributed by atoms with Crippen LogP contribution in [0.4, 0.5) is 0 Å². The number of halogens is 3. The fourth-order valence-electron chi connectivity index (χ4n) is 1.91. The van der Waals surface area contributed by atoms with Crippen LogP contribution >= 0.6 is 39.1 Å². The van der Waals surface area contributed by atoms with Crippen molar-refractivity contribution in [2.24, 2.45) is 0 Å². The molecule has 0 atom stereocenters. The third-order valence-electron chi connectivity index (χ3n) is 2.84. The highest BCUT2D eigenvalue weighted by Crippen LogP contribution is 2.29. The predicted molar refractivity (Wildman–Crippen MR) is 85.2 cm³/mol. The molecule has 20 heavy (non-hydrogen) atoms. The summed E-state index contributed by atoms with van der Waals surface area (Å²) in [5, 5.41) is 0.716. The van der Waals surface area contributed by atoms with E-state index in [1.165, 1.54) is 0 Å². The Morgan fingerprint density at radius 2 is 1.85 bits per heavy atom. The van der Waals surface area contributed by atoms with Gasteiger partial charge in [0.15, 0.2) is 5.78 Å². The molecule has 0 amide bonds. The molecule has 0 radical (unpaired) electrons. The normalized spacial score (nSPS) is 10.4. The second kappa shape index (κ2) is 6.61. The van der Waals surface area contributed by atoms with Gasteiger partial charge in [-0.3, -0.25) is 4.79 Å². The van der Waals surface area contributed by atoms with Crippen molar-refractivity contribution >= 4 is 44.9 Å². The lowest BCUT2D eigenvalue weighted by Gasteiger charge is -2.10. The van der Waals surface area contributed by atoms with E-state index >= 15 is 0 Å². The van der Waals surface area contributed by atoms with Crippen LogP contribution in [-0.4, -0.2) is 12.9 Å². The number of benzene rings is 2. The summed E-state index contributed by atoms with van der Waals surface area (Å²) in [6, 6.07) is 10.5. The van der Waals surface area contributed by atoms with Crippen LogP contribution in [0.2, 0.25) is 10.0 Å². The molecule has 2 nitrogen and oxygen atoms in total. The summed E-state index contributed by atoms with van der Waals surface area (Å²) < 4.78 is 6.14. The standard InChI is InChI=1S/C15H11BrCl2O2/c1-20-14-6-5-10(16)7-9(14)8-13(19)15-11(17)3-2-4-12(15)18/h2-7H,8H2,1H3. The van der Waals surface area contributed by atoms with Gasteiger partial charge in [0.2, 0.25) is 0 Å². The van der Waals surface area contributed by atoms with Crippen LogP contribution in [0, 0.1) is 0 Å². The van der Waals surface area contributed by atoms with Crippen molar-refractivity contribution < 1.29 is 9.53 Å². The topological polar surface area (TPSA) is 26.3 Å². The Balaban J connectivity index is 2.35. The Kier molecular flexibility index (Phi) is 5.08. The van der Waals surface area contributed by atoms with Crippen molar-refractivity contribution in [2.75, 3.05) is 7.11 Å². The van der Waals surface area contributed by atoms with E-state index in [0.717, 1.165) is 10.0 Å². The van der Waals surface area contributed by atoms with Crippen LogP contribution in [0.1, 0.15) is 15.9 Å². The first-order chi connectivity index (χ1) is 9.52. The molecule has 0 aliphatic heterocycles. The molecule has 0 aromatic heterocycles. The van der Waals surface area contributed by atoms with E-state index in [1.54, 1.807) is 31.4 Å². The summed E-state index contributed by atoms with van der Waals surface area (Å²) in [5.74, 6) is 0.515. The number of ketones is 1. The summed E-state index contributed by atoms with van der Waals surface area (Å²) in [4.78, 5) is 12.4. The maximum atomic E-state index is 12.4. The molecule has 0 aliphatic rings. The molecule has 5 heteroatoms. The number of carbonyl (C=O) groups is 1. The molecule has 0 bridgehead atoms. The third-order valence-corrected chi connectivity index (χ3v) is 3.96. The van der Waals surface area contributed by atoms with Crippen LogP contribution < -0.4 is 4.74 Å². The first-order valence-electron chi connectivity index (χ1n) is 5.82. The van der Waals surface area contributed by atoms with E-state index in [4.69, 9.17) is 27.9 Å². The number of rotatable bonds is 4. The van der Waals surface area contributed by atoms with Crippen molar-refractivity contribution in [1.29, 1.82) is 0 Å². The molecule has 0 N–H and O–H groups in total. The maximum Gasteiger partial charge on any atom is 0.170 e. The number of carbonyl (C=O) groups excluding carboxylic acids is 1. The number of hydrogen-bond donors (Lipinski definition) is 0. The molecule has 0 heterocycles. The van der Waals surface area contributed by atoms with Gasteiger partial charge in [-0.05, 0) is 30.3 Å². The monoisotopic (exact) mass is 372 g/mol. The van der Waals surface area contributed by atoms with E-state index in [1.807, 2.05) is 12.1 Å². The summed E-state index contributed by atoms with van der Waals surface area (Å²) in [5.41, 5.74) is 1.13. The van der Waals surface area contributed by atoms with Crippen LogP contribution in [-0.2, 0) is 6.42 Å². The molecule has 0 unspecified atom stereocenters. The van der Waals surface area contributed by atoms with Crippen molar-refractivity contribution in [3.8, 4) is 5.75 Å². The summed E-state index contributed by atoms with van der Waals surface area (Å²) >= 11 is 15.5. The van der Waals surface area contributed by atoms with Gasteiger partial charge < -0.3 is 4.74 Å². The van der Waals surface area contributed by atoms with E-state index in [2.05, 4.69) is 15.9 Å². The molecular weight excluding hydrogens is 363 g/mol. The fourth-order valence-corrected chi connectivity index (χ4v) is 2.93. The molecule has 0 saturated heterocycles. The van der Waals surface area contributed by atoms with Gasteiger partial charge in [-0.15, -0.1) is 0 Å². The molecule has 0 aliphatic carbocycles. The third kappa shape index (κ3) is 3.35. The van der Waals surface area contributed by atoms with Gasteiger partial charge in [0.25, 0.3) is 0 Å². The second-order valence-corrected chi connectivity index (χ2v) is 5.88. The molecule has 0 spiro atoms. The van der Waals surface area contributed by atoms with Gasteiger partial charge in [-0.2, -0.15) is 0 Å². The van der Waals surface area contributed by atoms with Crippen LogP contribution in [0.3, 0.4) is 0 Å². The van der Waals surface area contributed by atoms with E-state index < -0.39 is 0 Å². The van der Waals surface area contributed by atoms with Crippen molar-refractivity contribution in [3.63, 3.8) is 0 Å². The van der Waals surface area contributed by atoms with Gasteiger partial charge in [0.1, 0.15) is 5.75 Å². The summed E-state index contributed by atoms with van der Waals surface area (Å²) in [6.07, 6.45) is 0.173. The summed E-state index contributed by atoms with van der Waals surface area (Å²) in [7, 11) is 1.57. The number of hydrogen-bond acceptors (Lipinski definition) is 2. The zero-order valence-corrected chi connectivity index (χ0v) is 13.7. The molecule has 0 saturated carbocycles. The second-order valence-electron chi connectivity index (χ2n) is 4.15. The largest absolute Gasteiger partial charge is 0.496 e. The Morgan fingerprint density at radius 3 is 2.45 bits per heavy atom. The zero-order valence-electron chi connectivity index (χ0n) is 10.6. The zero-order chi connectivity index (χ0) is 14.7. The predicted octanol–water partition coefficient (Wildman–Crippen LogP) is 5.19. The number of methoxy groups -OCH3 is 1. The average Bonchev–Trinajstić information content (AvgIpc) is 2.38. The SMILES string of the molecule is COc1ccc(Br)cc1CC(=O)c1c(Cl)cccc1Cl. The lowest BCUT2D eigenvalue weighted by Crippen LogP contribution is -2.06. The smallest absolute Gasteiger partial charge is 0.170 e. The molecule has 104 valence electrons. The van der Waals surface area contributed by atoms with Crippen molar-refractivity contribution in [1.82, 2.24) is 0 Å². The van der Waals surface area contributed by atoms with E-state index in [-0.39, 0.29) is 12.2 Å². The molecule has 2 aromatic carbocycles. The van der Waals surface area contributed by atoms with Crippen LogP contribution in [0.5, 0.6) is 5.75 Å².